The third-order valence-electron chi connectivity index (χ3n) is 2.52. The van der Waals surface area contributed by atoms with Gasteiger partial charge in [0.05, 0.1) is 6.33 Å². The number of hydrogen-bond acceptors (Lipinski definition) is 3. The molecule has 17 heavy (non-hydrogen) atoms. The van der Waals surface area contributed by atoms with Crippen LogP contribution in [-0.4, -0.2) is 15.5 Å². The van der Waals surface area contributed by atoms with Crippen LogP contribution in [0.4, 0.5) is 0 Å². The summed E-state index contributed by atoms with van der Waals surface area (Å²) in [5, 5.41) is 0. The Bertz CT molecular complexity index is 506. The second kappa shape index (κ2) is 4.82. The number of aryl methyl sites for hydroxylation is 1. The maximum absolute atomic E-state index is 11.9. The first-order valence-corrected chi connectivity index (χ1v) is 5.42. The van der Waals surface area contributed by atoms with Crippen LogP contribution >= 0.6 is 0 Å². The van der Waals surface area contributed by atoms with Crippen molar-refractivity contribution in [2.24, 2.45) is 0 Å². The normalized spacial score (nSPS) is 12.1. The molecule has 1 aromatic carbocycles. The number of rotatable bonds is 3. The molecule has 4 nitrogen and oxygen atoms in total. The first kappa shape index (κ1) is 11.4. The summed E-state index contributed by atoms with van der Waals surface area (Å²) < 4.78 is 7.00. The molecule has 1 heterocycles. The van der Waals surface area contributed by atoms with Crippen molar-refractivity contribution < 1.29 is 9.53 Å². The van der Waals surface area contributed by atoms with Crippen LogP contribution in [-0.2, 0) is 4.79 Å². The van der Waals surface area contributed by atoms with Gasteiger partial charge in [-0.05, 0) is 31.5 Å². The van der Waals surface area contributed by atoms with E-state index in [1.807, 2.05) is 25.1 Å². The standard InChI is InChI=1S/C13H14N2O2/c1-10-4-3-5-12(8-10)17-13(16)11(2)15-7-6-14-9-15/h3-9,11H,1-2H3. The number of hydrogen-bond donors (Lipinski definition) is 0. The summed E-state index contributed by atoms with van der Waals surface area (Å²) in [4.78, 5) is 15.8. The second-order valence-electron chi connectivity index (χ2n) is 3.92. The first-order chi connectivity index (χ1) is 8.16. The highest BCUT2D eigenvalue weighted by molar-refractivity contribution is 5.76. The van der Waals surface area contributed by atoms with Crippen LogP contribution in [0.5, 0.6) is 5.75 Å². The summed E-state index contributed by atoms with van der Waals surface area (Å²) in [5.74, 6) is 0.274. The predicted molar refractivity (Wildman–Crippen MR) is 63.8 cm³/mol. The lowest BCUT2D eigenvalue weighted by atomic mass is 10.2. The fourth-order valence-corrected chi connectivity index (χ4v) is 1.50. The number of imidazole rings is 1. The Balaban J connectivity index is 2.07. The minimum atomic E-state index is -0.377. The van der Waals surface area contributed by atoms with Crippen LogP contribution in [0.15, 0.2) is 43.0 Å². The number of carbonyl (C=O) groups excluding carboxylic acids is 1. The quantitative estimate of drug-likeness (QED) is 0.600. The molecule has 1 aromatic heterocycles. The zero-order valence-corrected chi connectivity index (χ0v) is 9.83. The van der Waals surface area contributed by atoms with Gasteiger partial charge in [0.15, 0.2) is 0 Å². The Kier molecular flexibility index (Phi) is 3.23. The molecule has 1 atom stereocenters. The molecule has 2 rings (SSSR count). The van der Waals surface area contributed by atoms with Crippen LogP contribution < -0.4 is 4.74 Å². The van der Waals surface area contributed by atoms with E-state index in [2.05, 4.69) is 4.98 Å². The number of carbonyl (C=O) groups is 1. The molecule has 0 N–H and O–H groups in total. The molecule has 0 bridgehead atoms. The van der Waals surface area contributed by atoms with Gasteiger partial charge in [0.1, 0.15) is 11.8 Å². The zero-order chi connectivity index (χ0) is 12.3. The molecule has 0 fully saturated rings. The Labute approximate surface area is 99.9 Å². The van der Waals surface area contributed by atoms with Gasteiger partial charge in [0, 0.05) is 12.4 Å². The average Bonchev–Trinajstić information content (AvgIpc) is 2.81. The van der Waals surface area contributed by atoms with Crippen LogP contribution in [0, 0.1) is 6.92 Å². The number of aromatic nitrogens is 2. The van der Waals surface area contributed by atoms with Gasteiger partial charge in [0.25, 0.3) is 0 Å². The largest absolute Gasteiger partial charge is 0.425 e. The maximum Gasteiger partial charge on any atom is 0.334 e. The molecule has 0 radical (unpaired) electrons. The van der Waals surface area contributed by atoms with E-state index in [0.717, 1.165) is 5.56 Å². The summed E-state index contributed by atoms with van der Waals surface area (Å²) in [6.45, 7) is 3.73. The molecule has 0 spiro atoms. The van der Waals surface area contributed by atoms with Crippen molar-refractivity contribution in [2.75, 3.05) is 0 Å². The summed E-state index contributed by atoms with van der Waals surface area (Å²) in [7, 11) is 0. The summed E-state index contributed by atoms with van der Waals surface area (Å²) in [5.41, 5.74) is 1.06. The highest BCUT2D eigenvalue weighted by Gasteiger charge is 2.16. The van der Waals surface area contributed by atoms with Crippen molar-refractivity contribution in [3.63, 3.8) is 0 Å². The van der Waals surface area contributed by atoms with Gasteiger partial charge in [-0.15, -0.1) is 0 Å². The molecule has 0 aliphatic heterocycles. The number of ether oxygens (including phenoxy) is 1. The zero-order valence-electron chi connectivity index (χ0n) is 9.83. The third kappa shape index (κ3) is 2.72. The van der Waals surface area contributed by atoms with E-state index in [1.54, 1.807) is 36.3 Å². The molecule has 0 amide bonds. The lowest BCUT2D eigenvalue weighted by molar-refractivity contribution is -0.137. The highest BCUT2D eigenvalue weighted by atomic mass is 16.5. The van der Waals surface area contributed by atoms with Crippen molar-refractivity contribution in [2.45, 2.75) is 19.9 Å². The monoisotopic (exact) mass is 230 g/mol. The van der Waals surface area contributed by atoms with Gasteiger partial charge in [0.2, 0.25) is 0 Å². The van der Waals surface area contributed by atoms with Crippen molar-refractivity contribution in [3.05, 3.63) is 48.5 Å². The molecule has 1 unspecified atom stereocenters. The Morgan fingerprint density at radius 2 is 2.29 bits per heavy atom. The van der Waals surface area contributed by atoms with Crippen LogP contribution in [0.25, 0.3) is 0 Å². The summed E-state index contributed by atoms with van der Waals surface area (Å²) >= 11 is 0. The van der Waals surface area contributed by atoms with Gasteiger partial charge >= 0.3 is 5.97 Å². The van der Waals surface area contributed by atoms with Crippen LogP contribution in [0.3, 0.4) is 0 Å². The van der Waals surface area contributed by atoms with Crippen LogP contribution in [0.1, 0.15) is 18.5 Å². The van der Waals surface area contributed by atoms with Gasteiger partial charge < -0.3 is 9.30 Å². The van der Waals surface area contributed by atoms with Crippen molar-refractivity contribution in [1.29, 1.82) is 0 Å². The van der Waals surface area contributed by atoms with Crippen LogP contribution in [0.2, 0.25) is 0 Å². The topological polar surface area (TPSA) is 44.1 Å². The Morgan fingerprint density at radius 3 is 2.94 bits per heavy atom. The van der Waals surface area contributed by atoms with Crippen molar-refractivity contribution in [3.8, 4) is 5.75 Å². The van der Waals surface area contributed by atoms with Crippen molar-refractivity contribution >= 4 is 5.97 Å². The van der Waals surface area contributed by atoms with E-state index in [1.165, 1.54) is 0 Å². The fraction of sp³-hybridized carbons (Fsp3) is 0.231. The van der Waals surface area contributed by atoms with Gasteiger partial charge in [-0.3, -0.25) is 0 Å². The molecular formula is C13H14N2O2. The average molecular weight is 230 g/mol. The third-order valence-corrected chi connectivity index (χ3v) is 2.52. The number of esters is 1. The molecule has 0 aliphatic rings. The maximum atomic E-state index is 11.9. The molecule has 88 valence electrons. The van der Waals surface area contributed by atoms with E-state index in [0.29, 0.717) is 5.75 Å². The summed E-state index contributed by atoms with van der Waals surface area (Å²) in [6, 6.07) is 7.04. The lowest BCUT2D eigenvalue weighted by Crippen LogP contribution is -2.20. The van der Waals surface area contributed by atoms with E-state index in [-0.39, 0.29) is 12.0 Å². The first-order valence-electron chi connectivity index (χ1n) is 5.42. The highest BCUT2D eigenvalue weighted by Crippen LogP contribution is 2.15. The molecular weight excluding hydrogens is 216 g/mol. The lowest BCUT2D eigenvalue weighted by Gasteiger charge is -2.12. The van der Waals surface area contributed by atoms with E-state index in [4.69, 9.17) is 4.74 Å². The Morgan fingerprint density at radius 1 is 1.47 bits per heavy atom. The molecule has 2 aromatic rings. The minimum Gasteiger partial charge on any atom is -0.425 e. The molecule has 0 saturated carbocycles. The van der Waals surface area contributed by atoms with E-state index >= 15 is 0 Å². The number of benzene rings is 1. The second-order valence-corrected chi connectivity index (χ2v) is 3.92. The molecule has 0 saturated heterocycles. The minimum absolute atomic E-state index is 0.298. The fourth-order valence-electron chi connectivity index (χ4n) is 1.50. The van der Waals surface area contributed by atoms with E-state index < -0.39 is 0 Å². The molecule has 4 heteroatoms. The van der Waals surface area contributed by atoms with Gasteiger partial charge in [-0.25, -0.2) is 9.78 Å². The van der Waals surface area contributed by atoms with E-state index in [9.17, 15) is 4.79 Å². The summed E-state index contributed by atoms with van der Waals surface area (Å²) in [6.07, 6.45) is 4.97. The van der Waals surface area contributed by atoms with Gasteiger partial charge in [-0.2, -0.15) is 0 Å². The molecule has 0 aliphatic carbocycles. The van der Waals surface area contributed by atoms with Gasteiger partial charge in [-0.1, -0.05) is 12.1 Å². The SMILES string of the molecule is Cc1cccc(OC(=O)C(C)n2ccnc2)c1. The number of nitrogens with zero attached hydrogens (tertiary/aromatic N) is 2. The van der Waals surface area contributed by atoms with Crippen molar-refractivity contribution in [1.82, 2.24) is 9.55 Å². The smallest absolute Gasteiger partial charge is 0.334 e. The predicted octanol–water partition coefficient (Wildman–Crippen LogP) is 2.36. The Hall–Kier alpha value is -2.10.